The van der Waals surface area contributed by atoms with Gasteiger partial charge in [-0.3, -0.25) is 4.79 Å². The van der Waals surface area contributed by atoms with Gasteiger partial charge in [0.15, 0.2) is 11.6 Å². The van der Waals surface area contributed by atoms with Crippen LogP contribution in [0.15, 0.2) is 88.9 Å². The first kappa shape index (κ1) is 14.9. The zero-order valence-electron chi connectivity index (χ0n) is 12.8. The number of amidine groups is 1. The molecule has 0 aromatic heterocycles. The molecule has 23 heavy (non-hydrogen) atoms. The summed E-state index contributed by atoms with van der Waals surface area (Å²) in [6.45, 7) is 2.04. The van der Waals surface area contributed by atoms with Gasteiger partial charge in [-0.1, -0.05) is 48.0 Å². The first-order chi connectivity index (χ1) is 11.2. The Balaban J connectivity index is 2.03. The molecule has 0 saturated carbocycles. The van der Waals surface area contributed by atoms with Crippen LogP contribution >= 0.6 is 0 Å². The Bertz CT molecular complexity index is 808. The molecule has 1 aliphatic rings. The Labute approximate surface area is 135 Å². The fourth-order valence-corrected chi connectivity index (χ4v) is 2.13. The maximum Gasteiger partial charge on any atom is 0.178 e. The van der Waals surface area contributed by atoms with E-state index in [4.69, 9.17) is 0 Å². The number of rotatable bonds is 2. The van der Waals surface area contributed by atoms with Crippen LogP contribution in [0.2, 0.25) is 0 Å². The van der Waals surface area contributed by atoms with Crippen molar-refractivity contribution in [2.45, 2.75) is 6.92 Å². The largest absolute Gasteiger partial charge is 0.290 e. The van der Waals surface area contributed by atoms with Gasteiger partial charge in [-0.05, 0) is 43.4 Å². The number of hydrogen-bond donors (Lipinski definition) is 0. The summed E-state index contributed by atoms with van der Waals surface area (Å²) in [5, 5.41) is 0. The van der Waals surface area contributed by atoms with Gasteiger partial charge in [-0.25, -0.2) is 9.98 Å². The number of carbonyl (C=O) groups is 1. The van der Waals surface area contributed by atoms with E-state index in [2.05, 4.69) is 9.98 Å². The highest BCUT2D eigenvalue weighted by Crippen LogP contribution is 2.16. The third-order valence-corrected chi connectivity index (χ3v) is 3.37. The lowest BCUT2D eigenvalue weighted by Crippen LogP contribution is -2.04. The van der Waals surface area contributed by atoms with E-state index in [0.717, 1.165) is 11.3 Å². The quantitative estimate of drug-likeness (QED) is 0.465. The minimum Gasteiger partial charge on any atom is -0.290 e. The number of nitrogens with zero attached hydrogens (tertiary/aromatic N) is 2. The zero-order valence-corrected chi connectivity index (χ0v) is 12.8. The Morgan fingerprint density at radius 1 is 0.826 bits per heavy atom. The van der Waals surface area contributed by atoms with Crippen molar-refractivity contribution in [3.8, 4) is 0 Å². The predicted molar refractivity (Wildman–Crippen MR) is 94.5 cm³/mol. The highest BCUT2D eigenvalue weighted by atomic mass is 16.1. The van der Waals surface area contributed by atoms with E-state index in [1.54, 1.807) is 12.2 Å². The number of allylic oxidation sites excluding steroid dienone is 4. The Kier molecular flexibility index (Phi) is 4.39. The van der Waals surface area contributed by atoms with E-state index in [9.17, 15) is 4.79 Å². The van der Waals surface area contributed by atoms with Crippen LogP contribution in [0, 0.1) is 6.92 Å². The van der Waals surface area contributed by atoms with Crippen LogP contribution in [0.5, 0.6) is 0 Å². The van der Waals surface area contributed by atoms with Crippen molar-refractivity contribution in [1.29, 1.82) is 0 Å². The first-order valence-corrected chi connectivity index (χ1v) is 7.40. The summed E-state index contributed by atoms with van der Waals surface area (Å²) in [5.41, 5.74) is 3.67. The molecule has 1 aliphatic carbocycles. The fourth-order valence-electron chi connectivity index (χ4n) is 2.13. The first-order valence-electron chi connectivity index (χ1n) is 7.40. The smallest absolute Gasteiger partial charge is 0.178 e. The molecule has 0 fully saturated rings. The molecule has 0 atom stereocenters. The van der Waals surface area contributed by atoms with Gasteiger partial charge in [0.1, 0.15) is 0 Å². The Morgan fingerprint density at radius 3 is 2.13 bits per heavy atom. The lowest BCUT2D eigenvalue weighted by atomic mass is 10.1. The highest BCUT2D eigenvalue weighted by Gasteiger charge is 2.05. The monoisotopic (exact) mass is 300 g/mol. The van der Waals surface area contributed by atoms with E-state index in [1.165, 1.54) is 17.7 Å². The minimum atomic E-state index is -0.0271. The molecule has 0 bridgehead atoms. The molecule has 0 saturated heterocycles. The summed E-state index contributed by atoms with van der Waals surface area (Å²) < 4.78 is 0. The zero-order chi connectivity index (χ0) is 16.1. The predicted octanol–water partition coefficient (Wildman–Crippen LogP) is 4.21. The summed E-state index contributed by atoms with van der Waals surface area (Å²) in [5.74, 6) is 0.591. The molecule has 0 heterocycles. The average molecular weight is 300 g/mol. The molecule has 0 unspecified atom stereocenters. The van der Waals surface area contributed by atoms with Gasteiger partial charge in [-0.2, -0.15) is 0 Å². The second-order valence-corrected chi connectivity index (χ2v) is 5.24. The SMILES string of the molecule is Cc1ccc(N=C(N=C2C=CC(=O)C=C2)c2ccccc2)cc1. The molecule has 3 heteroatoms. The molecule has 0 aliphatic heterocycles. The van der Waals surface area contributed by atoms with Gasteiger partial charge in [0.05, 0.1) is 11.4 Å². The van der Waals surface area contributed by atoms with E-state index in [1.807, 2.05) is 61.5 Å². The summed E-state index contributed by atoms with van der Waals surface area (Å²) in [6, 6.07) is 17.8. The van der Waals surface area contributed by atoms with Crippen molar-refractivity contribution in [2.24, 2.45) is 9.98 Å². The van der Waals surface area contributed by atoms with Crippen LogP contribution in [0.25, 0.3) is 0 Å². The highest BCUT2D eigenvalue weighted by molar-refractivity contribution is 6.21. The van der Waals surface area contributed by atoms with Crippen LogP contribution < -0.4 is 0 Å². The van der Waals surface area contributed by atoms with E-state index < -0.39 is 0 Å². The third-order valence-electron chi connectivity index (χ3n) is 3.37. The van der Waals surface area contributed by atoms with E-state index >= 15 is 0 Å². The summed E-state index contributed by atoms with van der Waals surface area (Å²) >= 11 is 0. The Morgan fingerprint density at radius 2 is 1.48 bits per heavy atom. The fraction of sp³-hybridized carbons (Fsp3) is 0.0500. The molecule has 0 radical (unpaired) electrons. The molecule has 0 spiro atoms. The van der Waals surface area contributed by atoms with E-state index in [0.29, 0.717) is 11.5 Å². The summed E-state index contributed by atoms with van der Waals surface area (Å²) in [4.78, 5) is 20.5. The minimum absolute atomic E-state index is 0.0271. The van der Waals surface area contributed by atoms with Gasteiger partial charge in [0.2, 0.25) is 0 Å². The molecule has 2 aromatic carbocycles. The normalized spacial score (nSPS) is 14.2. The van der Waals surface area contributed by atoms with Gasteiger partial charge >= 0.3 is 0 Å². The van der Waals surface area contributed by atoms with Crippen LogP contribution in [0.4, 0.5) is 5.69 Å². The van der Waals surface area contributed by atoms with Crippen LogP contribution in [0.1, 0.15) is 11.1 Å². The maximum absolute atomic E-state index is 11.2. The number of benzene rings is 2. The number of ketones is 1. The molecular formula is C20H16N2O. The second-order valence-electron chi connectivity index (χ2n) is 5.24. The summed E-state index contributed by atoms with van der Waals surface area (Å²) in [6.07, 6.45) is 6.42. The molecule has 0 N–H and O–H groups in total. The molecule has 2 aromatic rings. The molecule has 0 amide bonds. The van der Waals surface area contributed by atoms with Crippen LogP contribution in [0.3, 0.4) is 0 Å². The van der Waals surface area contributed by atoms with Gasteiger partial charge < -0.3 is 0 Å². The Hall–Kier alpha value is -3.07. The molecule has 3 rings (SSSR count). The number of hydrogen-bond acceptors (Lipinski definition) is 2. The van der Waals surface area contributed by atoms with Crippen molar-refractivity contribution < 1.29 is 4.79 Å². The summed E-state index contributed by atoms with van der Waals surface area (Å²) in [7, 11) is 0. The molecular weight excluding hydrogens is 284 g/mol. The average Bonchev–Trinajstić information content (AvgIpc) is 2.59. The van der Waals surface area contributed by atoms with Crippen molar-refractivity contribution in [3.63, 3.8) is 0 Å². The van der Waals surface area contributed by atoms with Crippen LogP contribution in [-0.2, 0) is 4.79 Å². The van der Waals surface area contributed by atoms with Gasteiger partial charge in [-0.15, -0.1) is 0 Å². The van der Waals surface area contributed by atoms with E-state index in [-0.39, 0.29) is 5.78 Å². The van der Waals surface area contributed by atoms with Crippen molar-refractivity contribution in [3.05, 3.63) is 90.0 Å². The van der Waals surface area contributed by atoms with Crippen molar-refractivity contribution >= 4 is 23.0 Å². The van der Waals surface area contributed by atoms with Gasteiger partial charge in [0.25, 0.3) is 0 Å². The van der Waals surface area contributed by atoms with Crippen molar-refractivity contribution in [2.75, 3.05) is 0 Å². The van der Waals surface area contributed by atoms with Crippen molar-refractivity contribution in [1.82, 2.24) is 0 Å². The van der Waals surface area contributed by atoms with Gasteiger partial charge in [0, 0.05) is 5.56 Å². The van der Waals surface area contributed by atoms with Crippen LogP contribution in [-0.4, -0.2) is 17.3 Å². The topological polar surface area (TPSA) is 41.8 Å². The third kappa shape index (κ3) is 3.98. The maximum atomic E-state index is 11.2. The number of aryl methyl sites for hydroxylation is 1. The standard InChI is InChI=1S/C20H16N2O/c1-15-7-9-17(10-8-15)21-20(16-5-3-2-4-6-16)22-18-11-13-19(23)14-12-18/h2-14H,1H3. The number of aliphatic imine (C=N–C) groups is 2. The lowest BCUT2D eigenvalue weighted by Gasteiger charge is -2.05. The second kappa shape index (κ2) is 6.79. The molecule has 3 nitrogen and oxygen atoms in total. The number of carbonyl (C=O) groups excluding carboxylic acids is 1. The lowest BCUT2D eigenvalue weighted by molar-refractivity contribution is -0.110. The molecule has 112 valence electrons.